The number of nitrogens with zero attached hydrogens (tertiary/aromatic N) is 2. The van der Waals surface area contributed by atoms with Crippen molar-refractivity contribution < 1.29 is 14.0 Å². The normalized spacial score (nSPS) is 13.5. The maximum absolute atomic E-state index is 13.1. The third-order valence-electron chi connectivity index (χ3n) is 5.17. The molecule has 1 fully saturated rings. The lowest BCUT2D eigenvalue weighted by Crippen LogP contribution is -2.28. The molecule has 0 aliphatic carbocycles. The molecule has 0 radical (unpaired) electrons. The molecule has 8 heteroatoms. The number of likely N-dealkylation sites (tertiary alicyclic amines) is 1. The highest BCUT2D eigenvalue weighted by molar-refractivity contribution is 7.14. The number of rotatable bonds is 5. The molecule has 0 saturated carbocycles. The minimum Gasteiger partial charge on any atom is -0.339 e. The molecular formula is C23H21ClFN3O2S. The predicted molar refractivity (Wildman–Crippen MR) is 121 cm³/mol. The highest BCUT2D eigenvalue weighted by atomic mass is 35.5. The number of hydrogen-bond donors (Lipinski definition) is 1. The number of amides is 2. The smallest absolute Gasteiger partial charge is 0.267 e. The summed E-state index contributed by atoms with van der Waals surface area (Å²) in [4.78, 5) is 32.6. The van der Waals surface area contributed by atoms with Crippen LogP contribution in [-0.2, 0) is 6.42 Å². The van der Waals surface area contributed by atoms with Crippen molar-refractivity contribution in [3.05, 3.63) is 80.0 Å². The second kappa shape index (κ2) is 9.16. The van der Waals surface area contributed by atoms with Crippen LogP contribution in [0.3, 0.4) is 0 Å². The Morgan fingerprint density at radius 1 is 1.16 bits per heavy atom. The van der Waals surface area contributed by atoms with E-state index in [4.69, 9.17) is 11.6 Å². The summed E-state index contributed by atoms with van der Waals surface area (Å²) in [5.74, 6) is -0.743. The highest BCUT2D eigenvalue weighted by Crippen LogP contribution is 2.27. The fourth-order valence-corrected chi connectivity index (χ4v) is 4.75. The van der Waals surface area contributed by atoms with Gasteiger partial charge in [0, 0.05) is 24.5 Å². The number of aryl methyl sites for hydroxylation is 1. The van der Waals surface area contributed by atoms with Crippen molar-refractivity contribution >= 4 is 40.4 Å². The number of anilines is 1. The van der Waals surface area contributed by atoms with E-state index in [1.54, 1.807) is 42.2 Å². The molecule has 4 rings (SSSR count). The Hall–Kier alpha value is -2.77. The van der Waals surface area contributed by atoms with Gasteiger partial charge in [0.05, 0.1) is 22.0 Å². The number of halogens is 2. The van der Waals surface area contributed by atoms with Crippen molar-refractivity contribution in [2.24, 2.45) is 0 Å². The van der Waals surface area contributed by atoms with Gasteiger partial charge in [0.25, 0.3) is 11.8 Å². The average molecular weight is 458 g/mol. The fraction of sp³-hybridized carbons (Fsp3) is 0.261. The quantitative estimate of drug-likeness (QED) is 0.563. The van der Waals surface area contributed by atoms with Gasteiger partial charge in [-0.25, -0.2) is 9.37 Å². The lowest BCUT2D eigenvalue weighted by Gasteiger charge is -2.18. The third-order valence-corrected chi connectivity index (χ3v) is 6.56. The van der Waals surface area contributed by atoms with Crippen molar-refractivity contribution in [1.29, 1.82) is 0 Å². The van der Waals surface area contributed by atoms with Gasteiger partial charge >= 0.3 is 0 Å². The molecule has 1 aliphatic heterocycles. The average Bonchev–Trinajstić information content (AvgIpc) is 3.40. The van der Waals surface area contributed by atoms with Crippen LogP contribution in [0.1, 0.15) is 49.1 Å². The van der Waals surface area contributed by atoms with Crippen LogP contribution in [0, 0.1) is 12.7 Å². The first kappa shape index (κ1) is 21.5. The number of carbonyl (C=O) groups excluding carboxylic acids is 2. The van der Waals surface area contributed by atoms with Gasteiger partial charge in [-0.15, -0.1) is 11.3 Å². The van der Waals surface area contributed by atoms with Crippen LogP contribution in [0.5, 0.6) is 0 Å². The summed E-state index contributed by atoms with van der Waals surface area (Å²) in [5, 5.41) is 4.06. The molecule has 0 bridgehead atoms. The number of benzene rings is 2. The molecule has 0 spiro atoms. The Morgan fingerprint density at radius 2 is 1.87 bits per heavy atom. The number of thiazole rings is 1. The van der Waals surface area contributed by atoms with E-state index in [1.165, 1.54) is 23.5 Å². The third kappa shape index (κ3) is 4.94. The zero-order valence-electron chi connectivity index (χ0n) is 17.0. The standard InChI is InChI=1S/C23H21ClFN3O2S/c1-14-21(31-20(26-14)12-15-4-7-17(25)8-5-15)22(29)27-19-9-6-16(24)13-18(19)23(30)28-10-2-3-11-28/h4-9,13H,2-3,10-12H2,1H3,(H,27,29). The molecule has 1 saturated heterocycles. The van der Waals surface area contributed by atoms with Crippen molar-refractivity contribution in [3.63, 3.8) is 0 Å². The Kier molecular flexibility index (Phi) is 6.34. The van der Waals surface area contributed by atoms with Gasteiger partial charge in [-0.1, -0.05) is 23.7 Å². The Morgan fingerprint density at radius 3 is 2.58 bits per heavy atom. The van der Waals surface area contributed by atoms with E-state index in [1.807, 2.05) is 0 Å². The topological polar surface area (TPSA) is 62.3 Å². The molecule has 2 amide bonds. The van der Waals surface area contributed by atoms with Crippen molar-refractivity contribution in [3.8, 4) is 0 Å². The summed E-state index contributed by atoms with van der Waals surface area (Å²) in [6, 6.07) is 11.1. The van der Waals surface area contributed by atoms with E-state index < -0.39 is 0 Å². The van der Waals surface area contributed by atoms with Crippen molar-refractivity contribution in [1.82, 2.24) is 9.88 Å². The van der Waals surface area contributed by atoms with Crippen molar-refractivity contribution in [2.75, 3.05) is 18.4 Å². The van der Waals surface area contributed by atoms with Gasteiger partial charge in [-0.2, -0.15) is 0 Å². The van der Waals surface area contributed by atoms with Gasteiger partial charge in [-0.3, -0.25) is 9.59 Å². The fourth-order valence-electron chi connectivity index (χ4n) is 3.59. The molecule has 160 valence electrons. The van der Waals surface area contributed by atoms with E-state index in [0.29, 0.717) is 46.4 Å². The summed E-state index contributed by atoms with van der Waals surface area (Å²) < 4.78 is 13.1. The summed E-state index contributed by atoms with van der Waals surface area (Å²) >= 11 is 7.41. The molecule has 1 aromatic heterocycles. The zero-order valence-corrected chi connectivity index (χ0v) is 18.5. The van der Waals surface area contributed by atoms with E-state index in [-0.39, 0.29) is 17.6 Å². The zero-order chi connectivity index (χ0) is 22.0. The molecule has 2 aromatic carbocycles. The van der Waals surface area contributed by atoms with Crippen LogP contribution in [-0.4, -0.2) is 34.8 Å². The van der Waals surface area contributed by atoms with Gasteiger partial charge in [0.1, 0.15) is 10.7 Å². The molecule has 0 unspecified atom stereocenters. The Bertz CT molecular complexity index is 1120. The predicted octanol–water partition coefficient (Wildman–Crippen LogP) is 5.32. The maximum Gasteiger partial charge on any atom is 0.267 e. The van der Waals surface area contributed by atoms with Gasteiger partial charge in [0.15, 0.2) is 0 Å². The first-order valence-corrected chi connectivity index (χ1v) is 11.2. The second-order valence-electron chi connectivity index (χ2n) is 7.47. The van der Waals surface area contributed by atoms with Gasteiger partial charge < -0.3 is 10.2 Å². The SMILES string of the molecule is Cc1nc(Cc2ccc(F)cc2)sc1C(=O)Nc1ccc(Cl)cc1C(=O)N1CCCC1. The number of hydrogen-bond acceptors (Lipinski definition) is 4. The second-order valence-corrected chi connectivity index (χ2v) is 8.99. The van der Waals surface area contributed by atoms with E-state index in [0.717, 1.165) is 23.4 Å². The Labute approximate surface area is 188 Å². The number of nitrogens with one attached hydrogen (secondary N) is 1. The summed E-state index contributed by atoms with van der Waals surface area (Å²) in [6.45, 7) is 3.19. The minimum atomic E-state index is -0.321. The molecule has 31 heavy (non-hydrogen) atoms. The summed E-state index contributed by atoms with van der Waals surface area (Å²) in [6.07, 6.45) is 2.47. The van der Waals surface area contributed by atoms with E-state index >= 15 is 0 Å². The van der Waals surface area contributed by atoms with Crippen molar-refractivity contribution in [2.45, 2.75) is 26.2 Å². The molecule has 1 N–H and O–H groups in total. The van der Waals surface area contributed by atoms with Crippen LogP contribution in [0.15, 0.2) is 42.5 Å². The van der Waals surface area contributed by atoms with E-state index in [9.17, 15) is 14.0 Å². The lowest BCUT2D eigenvalue weighted by atomic mass is 10.1. The monoisotopic (exact) mass is 457 g/mol. The first-order chi connectivity index (χ1) is 14.9. The first-order valence-electron chi connectivity index (χ1n) is 10.0. The Balaban J connectivity index is 1.54. The minimum absolute atomic E-state index is 0.131. The van der Waals surface area contributed by atoms with Crippen LogP contribution in [0.2, 0.25) is 5.02 Å². The summed E-state index contributed by atoms with van der Waals surface area (Å²) in [7, 11) is 0. The van der Waals surface area contributed by atoms with E-state index in [2.05, 4.69) is 10.3 Å². The number of carbonyl (C=O) groups is 2. The number of aromatic nitrogens is 1. The van der Waals surface area contributed by atoms with Crippen LogP contribution >= 0.6 is 22.9 Å². The molecule has 1 aliphatic rings. The lowest BCUT2D eigenvalue weighted by molar-refractivity contribution is 0.0794. The molecule has 2 heterocycles. The van der Waals surface area contributed by atoms with Crippen LogP contribution in [0.25, 0.3) is 0 Å². The maximum atomic E-state index is 13.1. The van der Waals surface area contributed by atoms with Crippen LogP contribution < -0.4 is 5.32 Å². The summed E-state index contributed by atoms with van der Waals surface area (Å²) in [5.41, 5.74) is 2.34. The van der Waals surface area contributed by atoms with Gasteiger partial charge in [-0.05, 0) is 55.7 Å². The van der Waals surface area contributed by atoms with Crippen LogP contribution in [0.4, 0.5) is 10.1 Å². The highest BCUT2D eigenvalue weighted by Gasteiger charge is 2.24. The molecule has 0 atom stereocenters. The molecule has 3 aromatic rings. The molecular weight excluding hydrogens is 437 g/mol. The molecule has 5 nitrogen and oxygen atoms in total. The largest absolute Gasteiger partial charge is 0.339 e. The van der Waals surface area contributed by atoms with Gasteiger partial charge in [0.2, 0.25) is 0 Å².